The van der Waals surface area contributed by atoms with Gasteiger partial charge in [-0.2, -0.15) is 5.26 Å². The molecule has 0 saturated carbocycles. The van der Waals surface area contributed by atoms with E-state index in [-0.39, 0.29) is 23.9 Å². The Kier molecular flexibility index (Phi) is 6.44. The fourth-order valence-corrected chi connectivity index (χ4v) is 4.29. The number of ether oxygens (including phenoxy) is 1. The number of nitriles is 1. The summed E-state index contributed by atoms with van der Waals surface area (Å²) in [7, 11) is 0. The topological polar surface area (TPSA) is 133 Å². The van der Waals surface area contributed by atoms with Crippen LogP contribution in [0.15, 0.2) is 24.5 Å². The number of hydrogen-bond acceptors (Lipinski definition) is 7. The van der Waals surface area contributed by atoms with Crippen LogP contribution in [0.1, 0.15) is 53.6 Å². The Morgan fingerprint density at radius 2 is 2.06 bits per heavy atom. The second kappa shape index (κ2) is 9.29. The van der Waals surface area contributed by atoms with Gasteiger partial charge in [0.15, 0.2) is 5.65 Å². The minimum Gasteiger partial charge on any atom is -0.381 e. The number of carbonyl (C=O) groups is 2. The lowest BCUT2D eigenvalue weighted by Gasteiger charge is -2.25. The standard InChI is InChI=1S/C23H26N6O3S/c1-13(23(2,3)12-24)27-21(30)15-10-25-20-19(15)29-16(11-26-20)17-4-5-18(33-17)22(31)28-14-6-8-32-9-7-14/h4-5,10-11,13-14H,6-9H2,1-3H3,(H,25,26)(H,27,30)(H,28,31)/t13-/m0/s1. The summed E-state index contributed by atoms with van der Waals surface area (Å²) in [6.07, 6.45) is 4.81. The maximum Gasteiger partial charge on any atom is 0.261 e. The van der Waals surface area contributed by atoms with E-state index in [1.807, 2.05) is 6.07 Å². The molecular formula is C23H26N6O3S. The van der Waals surface area contributed by atoms with Gasteiger partial charge >= 0.3 is 0 Å². The van der Waals surface area contributed by atoms with Crippen molar-refractivity contribution in [3.63, 3.8) is 0 Å². The molecule has 0 aliphatic carbocycles. The minimum atomic E-state index is -0.711. The van der Waals surface area contributed by atoms with Crippen molar-refractivity contribution in [2.45, 2.75) is 45.7 Å². The number of aromatic amines is 1. The van der Waals surface area contributed by atoms with Crippen LogP contribution in [0.3, 0.4) is 0 Å². The highest BCUT2D eigenvalue weighted by Gasteiger charge is 2.28. The molecule has 3 aromatic rings. The Morgan fingerprint density at radius 3 is 2.79 bits per heavy atom. The van der Waals surface area contributed by atoms with Crippen LogP contribution in [-0.2, 0) is 4.74 Å². The van der Waals surface area contributed by atoms with Gasteiger partial charge in [-0.3, -0.25) is 9.59 Å². The number of amides is 2. The molecule has 2 amide bonds. The number of nitrogens with one attached hydrogen (secondary N) is 3. The Balaban J connectivity index is 1.53. The van der Waals surface area contributed by atoms with Crippen LogP contribution in [0.25, 0.3) is 21.7 Å². The summed E-state index contributed by atoms with van der Waals surface area (Å²) in [4.78, 5) is 38.9. The maximum absolute atomic E-state index is 12.9. The first-order valence-electron chi connectivity index (χ1n) is 10.8. The van der Waals surface area contributed by atoms with E-state index in [0.717, 1.165) is 17.7 Å². The largest absolute Gasteiger partial charge is 0.381 e. The zero-order valence-corrected chi connectivity index (χ0v) is 19.6. The molecule has 9 nitrogen and oxygen atoms in total. The number of H-pyrrole nitrogens is 1. The molecule has 1 aliphatic rings. The van der Waals surface area contributed by atoms with E-state index in [0.29, 0.717) is 40.5 Å². The number of hydrogen-bond donors (Lipinski definition) is 3. The van der Waals surface area contributed by atoms with Crippen molar-refractivity contribution in [2.24, 2.45) is 5.41 Å². The highest BCUT2D eigenvalue weighted by atomic mass is 32.1. The van der Waals surface area contributed by atoms with E-state index in [1.165, 1.54) is 11.3 Å². The van der Waals surface area contributed by atoms with Gasteiger partial charge in [-0.25, -0.2) is 9.97 Å². The van der Waals surface area contributed by atoms with E-state index in [2.05, 4.69) is 31.7 Å². The second-order valence-corrected chi connectivity index (χ2v) is 9.79. The van der Waals surface area contributed by atoms with Crippen LogP contribution in [0.5, 0.6) is 0 Å². The van der Waals surface area contributed by atoms with Gasteiger partial charge in [0.1, 0.15) is 5.52 Å². The number of thiophene rings is 1. The van der Waals surface area contributed by atoms with Gasteiger partial charge in [0.05, 0.1) is 38.7 Å². The fraction of sp³-hybridized carbons (Fsp3) is 0.435. The molecular weight excluding hydrogens is 440 g/mol. The molecule has 0 spiro atoms. The van der Waals surface area contributed by atoms with Gasteiger partial charge in [-0.15, -0.1) is 11.3 Å². The van der Waals surface area contributed by atoms with Gasteiger partial charge in [-0.1, -0.05) is 0 Å². The molecule has 0 bridgehead atoms. The van der Waals surface area contributed by atoms with Crippen LogP contribution in [-0.4, -0.2) is 52.1 Å². The Morgan fingerprint density at radius 1 is 1.30 bits per heavy atom. The molecule has 172 valence electrons. The molecule has 0 aromatic carbocycles. The smallest absolute Gasteiger partial charge is 0.261 e. The summed E-state index contributed by atoms with van der Waals surface area (Å²) in [5, 5.41) is 15.2. The number of fused-ring (bicyclic) bond motifs is 1. The molecule has 1 aliphatic heterocycles. The van der Waals surface area contributed by atoms with Crippen LogP contribution < -0.4 is 10.6 Å². The maximum atomic E-state index is 12.9. The van der Waals surface area contributed by atoms with Crippen LogP contribution in [0, 0.1) is 16.7 Å². The SMILES string of the molecule is C[C@H](NC(=O)c1c[nH]c2ncc(-c3ccc(C(=O)NC4CCOCC4)s3)nc12)C(C)(C)C#N. The van der Waals surface area contributed by atoms with Gasteiger partial charge in [0.2, 0.25) is 0 Å². The predicted octanol–water partition coefficient (Wildman–Crippen LogP) is 3.26. The van der Waals surface area contributed by atoms with Crippen LogP contribution >= 0.6 is 11.3 Å². The van der Waals surface area contributed by atoms with Gasteiger partial charge in [0, 0.05) is 31.5 Å². The summed E-state index contributed by atoms with van der Waals surface area (Å²) in [6.45, 7) is 6.67. The lowest BCUT2D eigenvalue weighted by atomic mass is 9.87. The fourth-order valence-electron chi connectivity index (χ4n) is 3.43. The normalized spacial score (nSPS) is 15.7. The number of carbonyl (C=O) groups excluding carboxylic acids is 2. The van der Waals surface area contributed by atoms with E-state index in [1.54, 1.807) is 39.2 Å². The Hall–Kier alpha value is -3.29. The third-order valence-corrected chi connectivity index (χ3v) is 7.09. The van der Waals surface area contributed by atoms with E-state index in [9.17, 15) is 14.9 Å². The van der Waals surface area contributed by atoms with E-state index >= 15 is 0 Å². The molecule has 1 fully saturated rings. The quantitative estimate of drug-likeness (QED) is 0.511. The van der Waals surface area contributed by atoms with Crippen molar-refractivity contribution < 1.29 is 14.3 Å². The second-order valence-electron chi connectivity index (χ2n) is 8.71. The number of nitrogens with zero attached hydrogens (tertiary/aromatic N) is 3. The summed E-state index contributed by atoms with van der Waals surface area (Å²) in [5.41, 5.74) is 1.15. The monoisotopic (exact) mass is 466 g/mol. The number of rotatable bonds is 6. The molecule has 1 saturated heterocycles. The van der Waals surface area contributed by atoms with Crippen LogP contribution in [0.2, 0.25) is 0 Å². The van der Waals surface area contributed by atoms with Gasteiger partial charge in [0.25, 0.3) is 11.8 Å². The van der Waals surface area contributed by atoms with Crippen molar-refractivity contribution in [1.29, 1.82) is 5.26 Å². The lowest BCUT2D eigenvalue weighted by molar-refractivity contribution is 0.0698. The molecule has 4 rings (SSSR count). The van der Waals surface area contributed by atoms with E-state index in [4.69, 9.17) is 4.74 Å². The molecule has 33 heavy (non-hydrogen) atoms. The average molecular weight is 467 g/mol. The lowest BCUT2D eigenvalue weighted by Crippen LogP contribution is -2.42. The highest BCUT2D eigenvalue weighted by Crippen LogP contribution is 2.28. The van der Waals surface area contributed by atoms with Crippen molar-refractivity contribution in [1.82, 2.24) is 25.6 Å². The third-order valence-electron chi connectivity index (χ3n) is 5.98. The highest BCUT2D eigenvalue weighted by molar-refractivity contribution is 7.17. The molecule has 0 radical (unpaired) electrons. The van der Waals surface area contributed by atoms with Crippen LogP contribution in [0.4, 0.5) is 0 Å². The molecule has 3 aromatic heterocycles. The first kappa shape index (κ1) is 22.9. The average Bonchev–Trinajstić information content (AvgIpc) is 3.47. The molecule has 10 heteroatoms. The summed E-state index contributed by atoms with van der Waals surface area (Å²) in [6, 6.07) is 5.59. The number of aromatic nitrogens is 3. The van der Waals surface area contributed by atoms with E-state index < -0.39 is 5.41 Å². The summed E-state index contributed by atoms with van der Waals surface area (Å²) >= 11 is 1.33. The minimum absolute atomic E-state index is 0.108. The zero-order chi connectivity index (χ0) is 23.6. The first-order chi connectivity index (χ1) is 15.8. The van der Waals surface area contributed by atoms with Crippen molar-refractivity contribution in [3.05, 3.63) is 35.0 Å². The first-order valence-corrected chi connectivity index (χ1v) is 11.6. The third kappa shape index (κ3) is 4.89. The van der Waals surface area contributed by atoms with Crippen molar-refractivity contribution in [2.75, 3.05) is 13.2 Å². The molecule has 4 heterocycles. The van der Waals surface area contributed by atoms with Crippen molar-refractivity contribution >= 4 is 34.3 Å². The predicted molar refractivity (Wildman–Crippen MR) is 125 cm³/mol. The zero-order valence-electron chi connectivity index (χ0n) is 18.8. The van der Waals surface area contributed by atoms with Gasteiger partial charge < -0.3 is 20.4 Å². The molecule has 1 atom stereocenters. The molecule has 0 unspecified atom stereocenters. The van der Waals surface area contributed by atoms with Crippen molar-refractivity contribution in [3.8, 4) is 16.6 Å². The summed E-state index contributed by atoms with van der Waals surface area (Å²) < 4.78 is 5.34. The Labute approximate surface area is 195 Å². The van der Waals surface area contributed by atoms with Gasteiger partial charge in [-0.05, 0) is 45.7 Å². The summed E-state index contributed by atoms with van der Waals surface area (Å²) in [5.74, 6) is -0.436. The molecule has 3 N–H and O–H groups in total. The Bertz CT molecular complexity index is 1220.